The molecule has 0 aliphatic rings. The Balaban J connectivity index is 2.14. The zero-order chi connectivity index (χ0) is 24.0. The molecule has 3 rings (SSSR count). The molecule has 8 nitrogen and oxygen atoms in total. The van der Waals surface area contributed by atoms with Crippen LogP contribution in [0.1, 0.15) is 37.5 Å². The molecule has 174 valence electrons. The maximum absolute atomic E-state index is 11.8. The first-order valence-electron chi connectivity index (χ1n) is 10.9. The second-order valence-electron chi connectivity index (χ2n) is 7.61. The van der Waals surface area contributed by atoms with Crippen LogP contribution in [-0.2, 0) is 22.6 Å². The predicted molar refractivity (Wildman–Crippen MR) is 129 cm³/mol. The van der Waals surface area contributed by atoms with E-state index in [1.807, 2.05) is 51.1 Å². The lowest BCUT2D eigenvalue weighted by molar-refractivity contribution is -0.119. The van der Waals surface area contributed by atoms with Crippen molar-refractivity contribution in [3.05, 3.63) is 53.2 Å². The van der Waals surface area contributed by atoms with Crippen LogP contribution < -0.4 is 25.8 Å². The van der Waals surface area contributed by atoms with Gasteiger partial charge in [-0.2, -0.15) is 0 Å². The summed E-state index contributed by atoms with van der Waals surface area (Å²) in [6, 6.07) is 9.55. The molecule has 33 heavy (non-hydrogen) atoms. The van der Waals surface area contributed by atoms with E-state index >= 15 is 0 Å². The molecular formula is C25H30N4O4. The summed E-state index contributed by atoms with van der Waals surface area (Å²) in [5, 5.41) is 7.10. The summed E-state index contributed by atoms with van der Waals surface area (Å²) in [5.74, 6) is 0.669. The van der Waals surface area contributed by atoms with Gasteiger partial charge < -0.3 is 25.8 Å². The van der Waals surface area contributed by atoms with Gasteiger partial charge in [0.25, 0.3) is 0 Å². The van der Waals surface area contributed by atoms with Gasteiger partial charge in [-0.15, -0.1) is 0 Å². The van der Waals surface area contributed by atoms with Crippen molar-refractivity contribution in [1.82, 2.24) is 10.3 Å². The standard InChI is InChI=1S/C25H30N4O4/c1-5-32-22-11-19-21(12-23(22)33-6-2)28-14-18(10-24(26)31)25(19)29-20-9-7-8-17(15(20)3)13-27-16(4)30/h7-9,11-12,14H,5-6,10,13H2,1-4H3,(H2,26,31)(H,27,30)(H,28,29). The summed E-state index contributed by atoms with van der Waals surface area (Å²) < 4.78 is 11.5. The number of pyridine rings is 1. The van der Waals surface area contributed by atoms with Crippen LogP contribution in [-0.4, -0.2) is 30.0 Å². The highest BCUT2D eigenvalue weighted by Crippen LogP contribution is 2.38. The van der Waals surface area contributed by atoms with Gasteiger partial charge >= 0.3 is 0 Å². The van der Waals surface area contributed by atoms with Crippen LogP contribution in [0.15, 0.2) is 36.5 Å². The van der Waals surface area contributed by atoms with Crippen molar-refractivity contribution >= 4 is 34.1 Å². The number of nitrogens with zero attached hydrogens (tertiary/aromatic N) is 1. The number of primary amides is 1. The highest BCUT2D eigenvalue weighted by molar-refractivity contribution is 5.98. The lowest BCUT2D eigenvalue weighted by Gasteiger charge is -2.19. The predicted octanol–water partition coefficient (Wildman–Crippen LogP) is 3.75. The Morgan fingerprint density at radius 2 is 1.76 bits per heavy atom. The van der Waals surface area contributed by atoms with Gasteiger partial charge in [0, 0.05) is 42.4 Å². The van der Waals surface area contributed by atoms with Crippen LogP contribution in [0.5, 0.6) is 11.5 Å². The van der Waals surface area contributed by atoms with Crippen LogP contribution in [0.3, 0.4) is 0 Å². The van der Waals surface area contributed by atoms with Crippen molar-refractivity contribution in [1.29, 1.82) is 0 Å². The Bertz CT molecular complexity index is 1180. The number of aromatic nitrogens is 1. The Morgan fingerprint density at radius 3 is 2.39 bits per heavy atom. The van der Waals surface area contributed by atoms with Gasteiger partial charge in [0.2, 0.25) is 11.8 Å². The van der Waals surface area contributed by atoms with E-state index in [1.165, 1.54) is 6.92 Å². The maximum atomic E-state index is 11.8. The quantitative estimate of drug-likeness (QED) is 0.433. The summed E-state index contributed by atoms with van der Waals surface area (Å²) in [7, 11) is 0. The number of ether oxygens (including phenoxy) is 2. The smallest absolute Gasteiger partial charge is 0.221 e. The van der Waals surface area contributed by atoms with Gasteiger partial charge in [0.05, 0.1) is 30.8 Å². The molecule has 1 heterocycles. The number of fused-ring (bicyclic) bond motifs is 1. The zero-order valence-electron chi connectivity index (χ0n) is 19.5. The van der Waals surface area contributed by atoms with E-state index in [0.29, 0.717) is 42.3 Å². The molecule has 0 spiro atoms. The zero-order valence-corrected chi connectivity index (χ0v) is 19.5. The first-order chi connectivity index (χ1) is 15.8. The fraction of sp³-hybridized carbons (Fsp3) is 0.320. The number of hydrogen-bond donors (Lipinski definition) is 3. The average Bonchev–Trinajstić information content (AvgIpc) is 2.76. The molecule has 2 aromatic carbocycles. The second kappa shape index (κ2) is 10.7. The average molecular weight is 451 g/mol. The molecule has 0 fully saturated rings. The third-order valence-corrected chi connectivity index (χ3v) is 5.21. The SMILES string of the molecule is CCOc1cc2ncc(CC(N)=O)c(Nc3cccc(CNC(C)=O)c3C)c2cc1OCC. The van der Waals surface area contributed by atoms with Gasteiger partial charge in [-0.1, -0.05) is 12.1 Å². The molecule has 0 aliphatic carbocycles. The molecule has 0 saturated heterocycles. The summed E-state index contributed by atoms with van der Waals surface area (Å²) in [5.41, 5.74) is 10.4. The summed E-state index contributed by atoms with van der Waals surface area (Å²) in [4.78, 5) is 27.7. The van der Waals surface area contributed by atoms with Crippen LogP contribution >= 0.6 is 0 Å². The Hall–Kier alpha value is -3.81. The van der Waals surface area contributed by atoms with Crippen LogP contribution in [0.4, 0.5) is 11.4 Å². The van der Waals surface area contributed by atoms with Crippen LogP contribution in [0.2, 0.25) is 0 Å². The maximum Gasteiger partial charge on any atom is 0.221 e. The highest BCUT2D eigenvalue weighted by atomic mass is 16.5. The number of nitrogens with one attached hydrogen (secondary N) is 2. The largest absolute Gasteiger partial charge is 0.490 e. The van der Waals surface area contributed by atoms with Crippen LogP contribution in [0.25, 0.3) is 10.9 Å². The Kier molecular flexibility index (Phi) is 7.71. The Morgan fingerprint density at radius 1 is 1.06 bits per heavy atom. The summed E-state index contributed by atoms with van der Waals surface area (Å²) >= 11 is 0. The molecule has 0 radical (unpaired) electrons. The molecular weight excluding hydrogens is 420 g/mol. The van der Waals surface area contributed by atoms with Crippen molar-refractivity contribution < 1.29 is 19.1 Å². The lowest BCUT2D eigenvalue weighted by Crippen LogP contribution is -2.19. The van der Waals surface area contributed by atoms with E-state index in [2.05, 4.69) is 15.6 Å². The second-order valence-corrected chi connectivity index (χ2v) is 7.61. The molecule has 4 N–H and O–H groups in total. The van der Waals surface area contributed by atoms with Gasteiger partial charge in [-0.3, -0.25) is 14.6 Å². The first-order valence-corrected chi connectivity index (χ1v) is 10.9. The molecule has 1 aromatic heterocycles. The monoisotopic (exact) mass is 450 g/mol. The highest BCUT2D eigenvalue weighted by Gasteiger charge is 2.17. The minimum absolute atomic E-state index is 0.0348. The molecule has 0 saturated carbocycles. The molecule has 0 atom stereocenters. The van der Waals surface area contributed by atoms with E-state index in [-0.39, 0.29) is 12.3 Å². The van der Waals surface area contributed by atoms with Crippen molar-refractivity contribution in [2.75, 3.05) is 18.5 Å². The molecule has 8 heteroatoms. The molecule has 0 bridgehead atoms. The molecule has 0 unspecified atom stereocenters. The first kappa shape index (κ1) is 23.8. The normalized spacial score (nSPS) is 10.7. The number of amides is 2. The van der Waals surface area contributed by atoms with Crippen molar-refractivity contribution in [2.24, 2.45) is 5.73 Å². The fourth-order valence-electron chi connectivity index (χ4n) is 3.61. The van der Waals surface area contributed by atoms with Crippen molar-refractivity contribution in [3.63, 3.8) is 0 Å². The van der Waals surface area contributed by atoms with E-state index in [0.717, 1.165) is 27.9 Å². The number of carbonyl (C=O) groups excluding carboxylic acids is 2. The van der Waals surface area contributed by atoms with E-state index in [1.54, 1.807) is 6.20 Å². The number of benzene rings is 2. The van der Waals surface area contributed by atoms with Gasteiger partial charge in [0.1, 0.15) is 0 Å². The van der Waals surface area contributed by atoms with E-state index < -0.39 is 5.91 Å². The third kappa shape index (κ3) is 5.71. The third-order valence-electron chi connectivity index (χ3n) is 5.21. The Labute approximate surface area is 193 Å². The van der Waals surface area contributed by atoms with E-state index in [9.17, 15) is 9.59 Å². The molecule has 0 aliphatic heterocycles. The molecule has 2 amide bonds. The topological polar surface area (TPSA) is 116 Å². The van der Waals surface area contributed by atoms with Gasteiger partial charge in [-0.05, 0) is 44.0 Å². The van der Waals surface area contributed by atoms with Crippen LogP contribution in [0, 0.1) is 6.92 Å². The summed E-state index contributed by atoms with van der Waals surface area (Å²) in [6.07, 6.45) is 1.69. The van der Waals surface area contributed by atoms with Crippen molar-refractivity contribution in [2.45, 2.75) is 40.7 Å². The van der Waals surface area contributed by atoms with Gasteiger partial charge in [-0.25, -0.2) is 0 Å². The number of nitrogens with two attached hydrogens (primary N) is 1. The number of anilines is 2. The van der Waals surface area contributed by atoms with Crippen molar-refractivity contribution in [3.8, 4) is 11.5 Å². The minimum atomic E-state index is -0.453. The fourth-order valence-corrected chi connectivity index (χ4v) is 3.61. The summed E-state index contributed by atoms with van der Waals surface area (Å²) in [6.45, 7) is 8.69. The minimum Gasteiger partial charge on any atom is -0.490 e. The number of carbonyl (C=O) groups is 2. The van der Waals surface area contributed by atoms with Gasteiger partial charge in [0.15, 0.2) is 11.5 Å². The lowest BCUT2D eigenvalue weighted by atomic mass is 10.0. The number of hydrogen-bond acceptors (Lipinski definition) is 6. The van der Waals surface area contributed by atoms with E-state index in [4.69, 9.17) is 15.2 Å². The molecule has 3 aromatic rings. The number of rotatable bonds is 10.